The van der Waals surface area contributed by atoms with Crippen LogP contribution in [0.2, 0.25) is 0 Å². The van der Waals surface area contributed by atoms with Crippen molar-refractivity contribution in [2.75, 3.05) is 6.61 Å². The molecule has 0 bridgehead atoms. The van der Waals surface area contributed by atoms with Crippen LogP contribution in [0.3, 0.4) is 0 Å². The molecular formula is C10H11NO4. The Morgan fingerprint density at radius 2 is 2.27 bits per heavy atom. The average Bonchev–Trinajstić information content (AvgIpc) is 2.19. The van der Waals surface area contributed by atoms with Crippen LogP contribution in [-0.2, 0) is 14.4 Å². The van der Waals surface area contributed by atoms with Gasteiger partial charge in [-0.3, -0.25) is 4.79 Å². The molecule has 0 aliphatic heterocycles. The zero-order chi connectivity index (χ0) is 11.3. The highest BCUT2D eigenvalue weighted by molar-refractivity contribution is 6.19. The molecule has 80 valence electrons. The Morgan fingerprint density at radius 1 is 1.53 bits per heavy atom. The van der Waals surface area contributed by atoms with Crippen LogP contribution in [0.4, 0.5) is 0 Å². The van der Waals surface area contributed by atoms with E-state index in [4.69, 9.17) is 5.11 Å². The molecule has 0 saturated carbocycles. The van der Waals surface area contributed by atoms with Gasteiger partial charge in [-0.2, -0.15) is 0 Å². The van der Waals surface area contributed by atoms with E-state index in [9.17, 15) is 9.59 Å². The summed E-state index contributed by atoms with van der Waals surface area (Å²) in [6.07, 6.45) is 4.53. The Balaban J connectivity index is 2.76. The lowest BCUT2D eigenvalue weighted by Gasteiger charge is -2.06. The molecule has 0 amide bonds. The summed E-state index contributed by atoms with van der Waals surface area (Å²) in [6.45, 7) is 1.13. The largest absolute Gasteiger partial charge is 0.396 e. The van der Waals surface area contributed by atoms with Crippen LogP contribution in [0.25, 0.3) is 0 Å². The predicted octanol–water partition coefficient (Wildman–Crippen LogP) is 0.353. The molecule has 0 atom stereocenters. The Hall–Kier alpha value is -1.75. The van der Waals surface area contributed by atoms with E-state index in [2.05, 4.69) is 9.99 Å². The fourth-order valence-electron chi connectivity index (χ4n) is 1.06. The second-order valence-corrected chi connectivity index (χ2v) is 2.94. The first-order valence-electron chi connectivity index (χ1n) is 4.43. The predicted molar refractivity (Wildman–Crippen MR) is 53.1 cm³/mol. The van der Waals surface area contributed by atoms with Crippen molar-refractivity contribution in [1.29, 1.82) is 0 Å². The van der Waals surface area contributed by atoms with E-state index in [1.54, 1.807) is 0 Å². The SMILES string of the molecule is CC(=O)ON=C1C=CC(=O)C(CCO)=C1. The number of rotatable bonds is 3. The molecule has 15 heavy (non-hydrogen) atoms. The minimum Gasteiger partial charge on any atom is -0.396 e. The molecule has 0 unspecified atom stereocenters. The average molecular weight is 209 g/mol. The Morgan fingerprint density at radius 3 is 2.87 bits per heavy atom. The van der Waals surface area contributed by atoms with E-state index in [1.807, 2.05) is 0 Å². The van der Waals surface area contributed by atoms with Crippen molar-refractivity contribution in [2.24, 2.45) is 5.16 Å². The molecule has 5 heteroatoms. The lowest BCUT2D eigenvalue weighted by atomic mass is 10.0. The van der Waals surface area contributed by atoms with Gasteiger partial charge in [-0.05, 0) is 24.6 Å². The van der Waals surface area contributed by atoms with Gasteiger partial charge in [0.1, 0.15) is 5.71 Å². The third-order valence-corrected chi connectivity index (χ3v) is 1.70. The first kappa shape index (κ1) is 11.3. The number of nitrogens with zero attached hydrogens (tertiary/aromatic N) is 1. The molecule has 0 spiro atoms. The van der Waals surface area contributed by atoms with Crippen molar-refractivity contribution in [1.82, 2.24) is 0 Å². The summed E-state index contributed by atoms with van der Waals surface area (Å²) in [5.41, 5.74) is 0.833. The molecule has 0 heterocycles. The van der Waals surface area contributed by atoms with Gasteiger partial charge in [-0.1, -0.05) is 5.16 Å². The highest BCUT2D eigenvalue weighted by Gasteiger charge is 2.11. The van der Waals surface area contributed by atoms with Gasteiger partial charge in [0.15, 0.2) is 5.78 Å². The summed E-state index contributed by atoms with van der Waals surface area (Å²) in [7, 11) is 0. The van der Waals surface area contributed by atoms with Gasteiger partial charge in [-0.25, -0.2) is 4.79 Å². The Labute approximate surface area is 86.7 Å². The fraction of sp³-hybridized carbons (Fsp3) is 0.300. The van der Waals surface area contributed by atoms with Gasteiger partial charge in [0, 0.05) is 19.1 Å². The van der Waals surface area contributed by atoms with E-state index in [0.29, 0.717) is 11.3 Å². The summed E-state index contributed by atoms with van der Waals surface area (Å²) in [6, 6.07) is 0. The number of aliphatic hydroxyl groups is 1. The Bertz CT molecular complexity index is 366. The minimum atomic E-state index is -0.523. The zero-order valence-corrected chi connectivity index (χ0v) is 8.27. The lowest BCUT2D eigenvalue weighted by Crippen LogP contribution is -2.09. The van der Waals surface area contributed by atoms with Gasteiger partial charge in [0.25, 0.3) is 0 Å². The molecule has 0 aromatic carbocycles. The van der Waals surface area contributed by atoms with Gasteiger partial charge in [0.05, 0.1) is 0 Å². The highest BCUT2D eigenvalue weighted by atomic mass is 16.7. The number of oxime groups is 1. The normalized spacial score (nSPS) is 17.9. The van der Waals surface area contributed by atoms with Gasteiger partial charge >= 0.3 is 5.97 Å². The number of allylic oxidation sites excluding steroid dienone is 3. The number of hydrogen-bond acceptors (Lipinski definition) is 5. The van der Waals surface area contributed by atoms with Crippen LogP contribution < -0.4 is 0 Å². The molecular weight excluding hydrogens is 198 g/mol. The van der Waals surface area contributed by atoms with Crippen LogP contribution in [-0.4, -0.2) is 29.2 Å². The maximum absolute atomic E-state index is 11.2. The lowest BCUT2D eigenvalue weighted by molar-refractivity contribution is -0.140. The van der Waals surface area contributed by atoms with Crippen molar-refractivity contribution in [3.8, 4) is 0 Å². The minimum absolute atomic E-state index is 0.105. The van der Waals surface area contributed by atoms with E-state index >= 15 is 0 Å². The molecule has 0 radical (unpaired) electrons. The molecule has 1 N–H and O–H groups in total. The highest BCUT2D eigenvalue weighted by Crippen LogP contribution is 2.09. The standard InChI is InChI=1S/C10H11NO4/c1-7(13)15-11-9-2-3-10(14)8(6-9)4-5-12/h2-3,6,12H,4-5H2,1H3. The van der Waals surface area contributed by atoms with E-state index in [0.717, 1.165) is 0 Å². The van der Waals surface area contributed by atoms with Crippen molar-refractivity contribution in [3.05, 3.63) is 23.8 Å². The summed E-state index contributed by atoms with van der Waals surface area (Å²) < 4.78 is 0. The van der Waals surface area contributed by atoms with Gasteiger partial charge in [-0.15, -0.1) is 0 Å². The van der Waals surface area contributed by atoms with Crippen molar-refractivity contribution >= 4 is 17.5 Å². The van der Waals surface area contributed by atoms with E-state index < -0.39 is 5.97 Å². The monoisotopic (exact) mass is 209 g/mol. The van der Waals surface area contributed by atoms with Crippen LogP contribution in [0, 0.1) is 0 Å². The number of ketones is 1. The molecule has 0 aromatic heterocycles. The quantitative estimate of drug-likeness (QED) is 0.413. The summed E-state index contributed by atoms with van der Waals surface area (Å²) in [5, 5.41) is 12.2. The molecule has 1 aliphatic rings. The molecule has 5 nitrogen and oxygen atoms in total. The molecule has 1 rings (SSSR count). The van der Waals surface area contributed by atoms with Gasteiger partial charge < -0.3 is 9.94 Å². The maximum atomic E-state index is 11.2. The summed E-state index contributed by atoms with van der Waals surface area (Å²) in [4.78, 5) is 26.1. The topological polar surface area (TPSA) is 76.0 Å². The first-order valence-corrected chi connectivity index (χ1v) is 4.43. The fourth-order valence-corrected chi connectivity index (χ4v) is 1.06. The van der Waals surface area contributed by atoms with Crippen LogP contribution in [0.15, 0.2) is 29.0 Å². The number of carbonyl (C=O) groups is 2. The zero-order valence-electron chi connectivity index (χ0n) is 8.27. The van der Waals surface area contributed by atoms with Crippen molar-refractivity contribution in [3.63, 3.8) is 0 Å². The second-order valence-electron chi connectivity index (χ2n) is 2.94. The number of hydrogen-bond donors (Lipinski definition) is 1. The van der Waals surface area contributed by atoms with Gasteiger partial charge in [0.2, 0.25) is 0 Å². The number of aliphatic hydroxyl groups excluding tert-OH is 1. The van der Waals surface area contributed by atoms with Crippen LogP contribution in [0.5, 0.6) is 0 Å². The summed E-state index contributed by atoms with van der Waals surface area (Å²) in [5.74, 6) is -0.685. The summed E-state index contributed by atoms with van der Waals surface area (Å²) >= 11 is 0. The molecule has 0 fully saturated rings. The Kier molecular flexibility index (Phi) is 3.93. The maximum Gasteiger partial charge on any atom is 0.331 e. The molecule has 0 aromatic rings. The third-order valence-electron chi connectivity index (χ3n) is 1.70. The van der Waals surface area contributed by atoms with Crippen LogP contribution >= 0.6 is 0 Å². The van der Waals surface area contributed by atoms with Crippen molar-refractivity contribution < 1.29 is 19.5 Å². The van der Waals surface area contributed by atoms with Crippen molar-refractivity contribution in [2.45, 2.75) is 13.3 Å². The molecule has 0 saturated heterocycles. The van der Waals surface area contributed by atoms with E-state index in [-0.39, 0.29) is 18.8 Å². The van der Waals surface area contributed by atoms with Crippen LogP contribution in [0.1, 0.15) is 13.3 Å². The second kappa shape index (κ2) is 5.21. The first-order chi connectivity index (χ1) is 7.13. The number of carbonyl (C=O) groups excluding carboxylic acids is 2. The van der Waals surface area contributed by atoms with E-state index in [1.165, 1.54) is 25.2 Å². The molecule has 1 aliphatic carbocycles. The smallest absolute Gasteiger partial charge is 0.331 e. The third kappa shape index (κ3) is 3.47.